The van der Waals surface area contributed by atoms with Gasteiger partial charge in [0.25, 0.3) is 0 Å². The first kappa shape index (κ1) is 18.0. The fourth-order valence-corrected chi connectivity index (χ4v) is 3.12. The van der Waals surface area contributed by atoms with Gasteiger partial charge >= 0.3 is 0 Å². The van der Waals surface area contributed by atoms with Crippen LogP contribution in [0.4, 0.5) is 11.5 Å². The minimum Gasteiger partial charge on any atom is -0.375 e. The highest BCUT2D eigenvalue weighted by Crippen LogP contribution is 2.29. The highest BCUT2D eigenvalue weighted by Gasteiger charge is 2.15. The molecule has 0 fully saturated rings. The van der Waals surface area contributed by atoms with Crippen LogP contribution in [0.1, 0.15) is 12.0 Å². The molecule has 4 rings (SSSR count). The zero-order valence-electron chi connectivity index (χ0n) is 16.1. The minimum absolute atomic E-state index is 0.592. The normalized spacial score (nSPS) is 10.9. The van der Waals surface area contributed by atoms with Crippen LogP contribution in [-0.4, -0.2) is 35.3 Å². The second-order valence-electron chi connectivity index (χ2n) is 6.83. The van der Waals surface area contributed by atoms with E-state index in [9.17, 15) is 0 Å². The van der Waals surface area contributed by atoms with Crippen LogP contribution in [-0.2, 0) is 0 Å². The summed E-state index contributed by atoms with van der Waals surface area (Å²) in [5.74, 6) is 0.679. The van der Waals surface area contributed by atoms with Crippen LogP contribution < -0.4 is 10.2 Å². The number of anilines is 2. The lowest BCUT2D eigenvalue weighted by atomic mass is 10.1. The molecule has 0 unspecified atom stereocenters. The van der Waals surface area contributed by atoms with Gasteiger partial charge in [0, 0.05) is 31.4 Å². The van der Waals surface area contributed by atoms with E-state index in [0.29, 0.717) is 11.4 Å². The van der Waals surface area contributed by atoms with Gasteiger partial charge in [-0.2, -0.15) is 0 Å². The molecule has 0 aliphatic heterocycles. The van der Waals surface area contributed by atoms with E-state index in [1.54, 1.807) is 6.33 Å². The van der Waals surface area contributed by atoms with Gasteiger partial charge in [0.15, 0.2) is 5.82 Å². The molecular weight excluding hydrogens is 350 g/mol. The van der Waals surface area contributed by atoms with Crippen molar-refractivity contribution < 1.29 is 4.52 Å². The van der Waals surface area contributed by atoms with E-state index in [2.05, 4.69) is 75.7 Å². The smallest absolute Gasteiger partial charge is 0.228 e. The number of benzene rings is 2. The average molecular weight is 373 g/mol. The van der Waals surface area contributed by atoms with Crippen molar-refractivity contribution in [1.29, 1.82) is 0 Å². The van der Waals surface area contributed by atoms with Crippen LogP contribution in [0.2, 0.25) is 0 Å². The number of hydrogen-bond donors (Lipinski definition) is 1. The van der Waals surface area contributed by atoms with Crippen molar-refractivity contribution >= 4 is 22.6 Å². The van der Waals surface area contributed by atoms with Gasteiger partial charge in [0.1, 0.15) is 17.5 Å². The van der Waals surface area contributed by atoms with E-state index in [-0.39, 0.29) is 0 Å². The third kappa shape index (κ3) is 3.81. The lowest BCUT2D eigenvalue weighted by Crippen LogP contribution is -2.20. The number of rotatable bonds is 7. The number of fused-ring (bicyclic) bond motifs is 1. The Morgan fingerprint density at radius 2 is 1.79 bits per heavy atom. The molecule has 6 heteroatoms. The highest BCUT2D eigenvalue weighted by atomic mass is 16.5. The summed E-state index contributed by atoms with van der Waals surface area (Å²) in [7, 11) is 2.10. The van der Waals surface area contributed by atoms with Gasteiger partial charge in [0.05, 0.1) is 0 Å². The lowest BCUT2D eigenvalue weighted by Gasteiger charge is -2.19. The summed E-state index contributed by atoms with van der Waals surface area (Å²) in [4.78, 5) is 11.0. The van der Waals surface area contributed by atoms with Gasteiger partial charge < -0.3 is 14.7 Å². The van der Waals surface area contributed by atoms with Crippen LogP contribution in [0.5, 0.6) is 0 Å². The maximum absolute atomic E-state index is 5.56. The van der Waals surface area contributed by atoms with E-state index in [0.717, 1.165) is 36.3 Å². The van der Waals surface area contributed by atoms with Crippen molar-refractivity contribution in [2.45, 2.75) is 13.3 Å². The van der Waals surface area contributed by atoms with Gasteiger partial charge in [-0.15, -0.1) is 0 Å². The predicted molar refractivity (Wildman–Crippen MR) is 113 cm³/mol. The molecule has 6 nitrogen and oxygen atoms in total. The lowest BCUT2D eigenvalue weighted by molar-refractivity contribution is 0.459. The van der Waals surface area contributed by atoms with Crippen molar-refractivity contribution in [3.05, 3.63) is 66.5 Å². The maximum atomic E-state index is 5.56. The summed E-state index contributed by atoms with van der Waals surface area (Å²) in [5.41, 5.74) is 5.46. The number of hydrogen-bond acceptors (Lipinski definition) is 6. The van der Waals surface area contributed by atoms with Gasteiger partial charge in [-0.05, 0) is 25.5 Å². The number of nitrogens with one attached hydrogen (secondary N) is 1. The second-order valence-corrected chi connectivity index (χ2v) is 6.83. The molecular formula is C22H23N5O. The van der Waals surface area contributed by atoms with E-state index >= 15 is 0 Å². The van der Waals surface area contributed by atoms with E-state index in [1.807, 2.05) is 18.2 Å². The highest BCUT2D eigenvalue weighted by molar-refractivity contribution is 5.93. The SMILES string of the molecule is Cc1ccc(-c2noc3c(NCCCN(C)c4ccccc4)ncnc23)cc1. The van der Waals surface area contributed by atoms with E-state index in [4.69, 9.17) is 4.52 Å². The number of aromatic nitrogens is 3. The Hall–Kier alpha value is -3.41. The summed E-state index contributed by atoms with van der Waals surface area (Å²) < 4.78 is 5.56. The average Bonchev–Trinajstić information content (AvgIpc) is 3.17. The van der Waals surface area contributed by atoms with Crippen molar-refractivity contribution in [3.63, 3.8) is 0 Å². The quantitative estimate of drug-likeness (QED) is 0.480. The minimum atomic E-state index is 0.592. The van der Waals surface area contributed by atoms with Crippen LogP contribution in [0.3, 0.4) is 0 Å². The Kier molecular flexibility index (Phi) is 5.19. The molecule has 0 bridgehead atoms. The topological polar surface area (TPSA) is 67.1 Å². The molecule has 0 atom stereocenters. The molecule has 142 valence electrons. The Morgan fingerprint density at radius 1 is 1.00 bits per heavy atom. The van der Waals surface area contributed by atoms with Crippen molar-refractivity contribution in [1.82, 2.24) is 15.1 Å². The third-order valence-electron chi connectivity index (χ3n) is 4.74. The van der Waals surface area contributed by atoms with Crippen molar-refractivity contribution in [3.8, 4) is 11.3 Å². The molecule has 0 amide bonds. The summed E-state index contributed by atoms with van der Waals surface area (Å²) in [6.07, 6.45) is 2.52. The van der Waals surface area contributed by atoms with Crippen LogP contribution in [0.25, 0.3) is 22.4 Å². The molecule has 2 aromatic carbocycles. The summed E-state index contributed by atoms with van der Waals surface area (Å²) >= 11 is 0. The van der Waals surface area contributed by atoms with Crippen molar-refractivity contribution in [2.24, 2.45) is 0 Å². The summed E-state index contributed by atoms with van der Waals surface area (Å²) in [6, 6.07) is 18.5. The Bertz CT molecular complexity index is 1040. The first-order valence-electron chi connectivity index (χ1n) is 9.40. The van der Waals surface area contributed by atoms with Gasteiger partial charge in [-0.3, -0.25) is 0 Å². The summed E-state index contributed by atoms with van der Waals surface area (Å²) in [6.45, 7) is 3.78. The van der Waals surface area contributed by atoms with Crippen LogP contribution >= 0.6 is 0 Å². The molecule has 0 saturated heterocycles. The van der Waals surface area contributed by atoms with Crippen LogP contribution in [0, 0.1) is 6.92 Å². The molecule has 0 aliphatic rings. The zero-order chi connectivity index (χ0) is 19.3. The van der Waals surface area contributed by atoms with E-state index < -0.39 is 0 Å². The maximum Gasteiger partial charge on any atom is 0.228 e. The molecule has 28 heavy (non-hydrogen) atoms. The van der Waals surface area contributed by atoms with Crippen LogP contribution in [0.15, 0.2) is 65.4 Å². The molecule has 4 aromatic rings. The van der Waals surface area contributed by atoms with Gasteiger partial charge in [0.2, 0.25) is 5.58 Å². The first-order valence-corrected chi connectivity index (χ1v) is 9.40. The molecule has 1 N–H and O–H groups in total. The largest absolute Gasteiger partial charge is 0.375 e. The molecule has 0 radical (unpaired) electrons. The zero-order valence-corrected chi connectivity index (χ0v) is 16.1. The number of aryl methyl sites for hydroxylation is 1. The predicted octanol–water partition coefficient (Wildman–Crippen LogP) is 4.53. The second kappa shape index (κ2) is 8.08. The third-order valence-corrected chi connectivity index (χ3v) is 4.74. The molecule has 0 spiro atoms. The van der Waals surface area contributed by atoms with Crippen molar-refractivity contribution in [2.75, 3.05) is 30.4 Å². The number of nitrogens with zero attached hydrogens (tertiary/aromatic N) is 4. The Labute approximate surface area is 164 Å². The fourth-order valence-electron chi connectivity index (χ4n) is 3.12. The van der Waals surface area contributed by atoms with E-state index in [1.165, 1.54) is 11.3 Å². The molecule has 2 aromatic heterocycles. The molecule has 0 saturated carbocycles. The van der Waals surface area contributed by atoms with Gasteiger partial charge in [-0.25, -0.2) is 9.97 Å². The monoisotopic (exact) mass is 373 g/mol. The summed E-state index contributed by atoms with van der Waals surface area (Å²) in [5, 5.41) is 7.58. The Morgan fingerprint density at radius 3 is 2.57 bits per heavy atom. The standard InChI is InChI=1S/C22H23N5O/c1-16-9-11-17(12-10-16)19-20-21(28-26-19)22(25-15-24-20)23-13-6-14-27(2)18-7-4-3-5-8-18/h3-5,7-12,15H,6,13-14H2,1-2H3,(H,23,24,25). The number of para-hydroxylation sites is 1. The molecule has 2 heterocycles. The first-order chi connectivity index (χ1) is 13.7. The van der Waals surface area contributed by atoms with Gasteiger partial charge in [-0.1, -0.05) is 53.2 Å². The molecule has 0 aliphatic carbocycles. The Balaban J connectivity index is 1.43. The fraction of sp³-hybridized carbons (Fsp3) is 0.227.